The van der Waals surface area contributed by atoms with Gasteiger partial charge in [0.25, 0.3) is 0 Å². The second-order valence-electron chi connectivity index (χ2n) is 4.23. The summed E-state index contributed by atoms with van der Waals surface area (Å²) in [5.41, 5.74) is 0. The van der Waals surface area contributed by atoms with E-state index in [-0.39, 0.29) is 12.5 Å². The van der Waals surface area contributed by atoms with Crippen molar-refractivity contribution in [2.24, 2.45) is 0 Å². The van der Waals surface area contributed by atoms with E-state index in [0.29, 0.717) is 19.4 Å². The number of esters is 1. The summed E-state index contributed by atoms with van der Waals surface area (Å²) in [6, 6.07) is 0. The maximum atomic E-state index is 11.3. The minimum atomic E-state index is -1.01. The Kier molecular flexibility index (Phi) is 4.70. The first-order valence-corrected chi connectivity index (χ1v) is 5.64. The molecule has 1 aliphatic heterocycles. The van der Waals surface area contributed by atoms with Crippen molar-refractivity contribution in [3.05, 3.63) is 0 Å². The number of carbonyl (C=O) groups excluding carboxylic acids is 1. The highest BCUT2D eigenvalue weighted by molar-refractivity contribution is 5.69. The van der Waals surface area contributed by atoms with Crippen molar-refractivity contribution >= 4 is 5.97 Å². The molecule has 0 radical (unpaired) electrons. The molecule has 0 spiro atoms. The van der Waals surface area contributed by atoms with Gasteiger partial charge in [0.15, 0.2) is 12.1 Å². The third-order valence-corrected chi connectivity index (χ3v) is 2.47. The van der Waals surface area contributed by atoms with Crippen LogP contribution in [0.1, 0.15) is 40.0 Å². The molecule has 0 saturated carbocycles. The van der Waals surface area contributed by atoms with E-state index in [1.165, 1.54) is 0 Å². The van der Waals surface area contributed by atoms with Gasteiger partial charge in [0.2, 0.25) is 0 Å². The van der Waals surface area contributed by atoms with Gasteiger partial charge < -0.3 is 19.3 Å². The molecule has 5 nitrogen and oxygen atoms in total. The van der Waals surface area contributed by atoms with Gasteiger partial charge in [-0.1, -0.05) is 6.92 Å². The van der Waals surface area contributed by atoms with Crippen LogP contribution < -0.4 is 0 Å². The minimum Gasteiger partial charge on any atom is -0.436 e. The van der Waals surface area contributed by atoms with Gasteiger partial charge in [-0.3, -0.25) is 4.79 Å². The van der Waals surface area contributed by atoms with Crippen LogP contribution in [0.4, 0.5) is 0 Å². The molecule has 3 atom stereocenters. The number of hydrogen-bond acceptors (Lipinski definition) is 5. The third-order valence-electron chi connectivity index (χ3n) is 2.47. The molecule has 0 aromatic heterocycles. The van der Waals surface area contributed by atoms with Gasteiger partial charge in [-0.25, -0.2) is 0 Å². The first-order chi connectivity index (χ1) is 7.45. The molecule has 0 aromatic carbocycles. The highest BCUT2D eigenvalue weighted by Gasteiger charge is 2.35. The van der Waals surface area contributed by atoms with Crippen molar-refractivity contribution < 1.29 is 24.1 Å². The standard InChI is InChI=1S/C11H20O5/c1-4-9(12)15-10(13)5-6-11(3)14-7-8(2)16-11/h8-9,12H,4-7H2,1-3H3. The molecule has 1 fully saturated rings. The maximum absolute atomic E-state index is 11.3. The normalized spacial score (nSPS) is 31.4. The van der Waals surface area contributed by atoms with E-state index in [2.05, 4.69) is 0 Å². The molecular weight excluding hydrogens is 212 g/mol. The van der Waals surface area contributed by atoms with Crippen LogP contribution in [0.25, 0.3) is 0 Å². The Bertz CT molecular complexity index is 243. The number of hydrogen-bond donors (Lipinski definition) is 1. The number of ether oxygens (including phenoxy) is 3. The number of aliphatic hydroxyl groups excluding tert-OH is 1. The molecule has 0 aliphatic carbocycles. The first-order valence-electron chi connectivity index (χ1n) is 5.64. The summed E-state index contributed by atoms with van der Waals surface area (Å²) in [7, 11) is 0. The molecular formula is C11H20O5. The third kappa shape index (κ3) is 4.08. The Labute approximate surface area is 95.7 Å². The Morgan fingerprint density at radius 1 is 1.69 bits per heavy atom. The molecule has 1 rings (SSSR count). The van der Waals surface area contributed by atoms with E-state index in [9.17, 15) is 4.79 Å². The van der Waals surface area contributed by atoms with Crippen molar-refractivity contribution in [3.63, 3.8) is 0 Å². The lowest BCUT2D eigenvalue weighted by Crippen LogP contribution is -2.28. The Morgan fingerprint density at radius 2 is 2.38 bits per heavy atom. The fourth-order valence-corrected chi connectivity index (χ4v) is 1.54. The van der Waals surface area contributed by atoms with Crippen LogP contribution >= 0.6 is 0 Å². The SMILES string of the molecule is CCC(O)OC(=O)CCC1(C)OCC(C)O1. The lowest BCUT2D eigenvalue weighted by molar-refractivity contribution is -0.179. The van der Waals surface area contributed by atoms with Crippen molar-refractivity contribution in [1.29, 1.82) is 0 Å². The zero-order chi connectivity index (χ0) is 12.2. The summed E-state index contributed by atoms with van der Waals surface area (Å²) in [5, 5.41) is 9.12. The van der Waals surface area contributed by atoms with E-state index in [1.807, 2.05) is 6.92 Å². The summed E-state index contributed by atoms with van der Waals surface area (Å²) in [6.45, 7) is 6.01. The molecule has 1 aliphatic rings. The fraction of sp³-hybridized carbons (Fsp3) is 0.909. The Balaban J connectivity index is 2.26. The van der Waals surface area contributed by atoms with Crippen LogP contribution in [0.3, 0.4) is 0 Å². The van der Waals surface area contributed by atoms with Crippen molar-refractivity contribution in [2.75, 3.05) is 6.61 Å². The fourth-order valence-electron chi connectivity index (χ4n) is 1.54. The zero-order valence-electron chi connectivity index (χ0n) is 10.1. The minimum absolute atomic E-state index is 0.0576. The average Bonchev–Trinajstić information content (AvgIpc) is 2.56. The second kappa shape index (κ2) is 5.61. The van der Waals surface area contributed by atoms with Crippen LogP contribution in [0.2, 0.25) is 0 Å². The molecule has 3 unspecified atom stereocenters. The van der Waals surface area contributed by atoms with Crippen LogP contribution in [0.5, 0.6) is 0 Å². The van der Waals surface area contributed by atoms with Gasteiger partial charge in [0.1, 0.15) is 0 Å². The van der Waals surface area contributed by atoms with Gasteiger partial charge in [0.05, 0.1) is 19.1 Å². The molecule has 0 aromatic rings. The van der Waals surface area contributed by atoms with Crippen LogP contribution in [-0.4, -0.2) is 35.9 Å². The molecule has 94 valence electrons. The predicted octanol–water partition coefficient (Wildman–Crippen LogP) is 1.19. The maximum Gasteiger partial charge on any atom is 0.308 e. The summed E-state index contributed by atoms with van der Waals surface area (Å²) in [4.78, 5) is 11.3. The quantitative estimate of drug-likeness (QED) is 0.569. The van der Waals surface area contributed by atoms with E-state index >= 15 is 0 Å². The van der Waals surface area contributed by atoms with E-state index in [4.69, 9.17) is 19.3 Å². The van der Waals surface area contributed by atoms with E-state index in [0.717, 1.165) is 0 Å². The molecule has 1 N–H and O–H groups in total. The Morgan fingerprint density at radius 3 is 2.88 bits per heavy atom. The van der Waals surface area contributed by atoms with Crippen molar-refractivity contribution in [1.82, 2.24) is 0 Å². The highest BCUT2D eigenvalue weighted by Crippen LogP contribution is 2.27. The highest BCUT2D eigenvalue weighted by atomic mass is 16.7. The lowest BCUT2D eigenvalue weighted by atomic mass is 10.2. The van der Waals surface area contributed by atoms with Gasteiger partial charge in [-0.05, 0) is 13.8 Å². The number of aliphatic hydroxyl groups is 1. The topological polar surface area (TPSA) is 65.0 Å². The molecule has 1 heterocycles. The average molecular weight is 232 g/mol. The summed E-state index contributed by atoms with van der Waals surface area (Å²) < 4.78 is 15.7. The summed E-state index contributed by atoms with van der Waals surface area (Å²) in [6.07, 6.45) is 0.0619. The van der Waals surface area contributed by atoms with Gasteiger partial charge in [0, 0.05) is 12.8 Å². The van der Waals surface area contributed by atoms with Crippen molar-refractivity contribution in [3.8, 4) is 0 Å². The molecule has 1 saturated heterocycles. The monoisotopic (exact) mass is 232 g/mol. The second-order valence-corrected chi connectivity index (χ2v) is 4.23. The summed E-state index contributed by atoms with van der Waals surface area (Å²) >= 11 is 0. The number of carbonyl (C=O) groups is 1. The lowest BCUT2D eigenvalue weighted by Gasteiger charge is -2.22. The largest absolute Gasteiger partial charge is 0.436 e. The molecule has 16 heavy (non-hydrogen) atoms. The number of rotatable bonds is 5. The molecule has 5 heteroatoms. The molecule has 0 bridgehead atoms. The predicted molar refractivity (Wildman–Crippen MR) is 56.5 cm³/mol. The van der Waals surface area contributed by atoms with Crippen LogP contribution in [-0.2, 0) is 19.0 Å². The van der Waals surface area contributed by atoms with Crippen LogP contribution in [0, 0.1) is 0 Å². The first kappa shape index (κ1) is 13.4. The van der Waals surface area contributed by atoms with Gasteiger partial charge in [-0.2, -0.15) is 0 Å². The summed E-state index contributed by atoms with van der Waals surface area (Å²) in [5.74, 6) is -1.13. The van der Waals surface area contributed by atoms with E-state index in [1.54, 1.807) is 13.8 Å². The van der Waals surface area contributed by atoms with Gasteiger partial charge >= 0.3 is 5.97 Å². The van der Waals surface area contributed by atoms with E-state index < -0.39 is 18.0 Å². The molecule has 0 amide bonds. The smallest absolute Gasteiger partial charge is 0.308 e. The van der Waals surface area contributed by atoms with Gasteiger partial charge in [-0.15, -0.1) is 0 Å². The Hall–Kier alpha value is -0.650. The van der Waals surface area contributed by atoms with Crippen molar-refractivity contribution in [2.45, 2.75) is 58.2 Å². The van der Waals surface area contributed by atoms with Crippen LogP contribution in [0.15, 0.2) is 0 Å². The zero-order valence-corrected chi connectivity index (χ0v) is 10.1.